The van der Waals surface area contributed by atoms with E-state index in [1.54, 1.807) is 4.90 Å². The SMILES string of the molecule is CC1CCN(C(=O)CN2CCCCCCC2=O)C(C(=O)O)C1. The van der Waals surface area contributed by atoms with Crippen LogP contribution in [0.5, 0.6) is 0 Å². The summed E-state index contributed by atoms with van der Waals surface area (Å²) < 4.78 is 0. The van der Waals surface area contributed by atoms with Crippen molar-refractivity contribution in [3.8, 4) is 0 Å². The Balaban J connectivity index is 1.99. The van der Waals surface area contributed by atoms with E-state index in [9.17, 15) is 19.5 Å². The second-order valence-electron chi connectivity index (χ2n) is 6.55. The number of hydrogen-bond donors (Lipinski definition) is 1. The first-order valence-electron chi connectivity index (χ1n) is 8.29. The average molecular weight is 310 g/mol. The van der Waals surface area contributed by atoms with Crippen LogP contribution in [-0.2, 0) is 14.4 Å². The lowest BCUT2D eigenvalue weighted by Gasteiger charge is -2.37. The van der Waals surface area contributed by atoms with Crippen LogP contribution in [0.1, 0.15) is 51.9 Å². The van der Waals surface area contributed by atoms with Gasteiger partial charge in [-0.3, -0.25) is 9.59 Å². The molecule has 2 amide bonds. The predicted octanol–water partition coefficient (Wildman–Crippen LogP) is 1.49. The topological polar surface area (TPSA) is 77.9 Å². The summed E-state index contributed by atoms with van der Waals surface area (Å²) >= 11 is 0. The number of rotatable bonds is 3. The summed E-state index contributed by atoms with van der Waals surface area (Å²) in [5, 5.41) is 9.34. The van der Waals surface area contributed by atoms with Gasteiger partial charge in [0.25, 0.3) is 0 Å². The van der Waals surface area contributed by atoms with Crippen molar-refractivity contribution in [3.05, 3.63) is 0 Å². The lowest BCUT2D eigenvalue weighted by Crippen LogP contribution is -2.53. The fourth-order valence-corrected chi connectivity index (χ4v) is 3.31. The Morgan fingerprint density at radius 3 is 2.64 bits per heavy atom. The fraction of sp³-hybridized carbons (Fsp3) is 0.812. The lowest BCUT2D eigenvalue weighted by molar-refractivity contribution is -0.154. The second kappa shape index (κ2) is 7.61. The van der Waals surface area contributed by atoms with Crippen LogP contribution in [0, 0.1) is 5.92 Å². The largest absolute Gasteiger partial charge is 0.480 e. The lowest BCUT2D eigenvalue weighted by atomic mass is 9.92. The Hall–Kier alpha value is -1.59. The summed E-state index contributed by atoms with van der Waals surface area (Å²) in [5.74, 6) is -0.842. The number of likely N-dealkylation sites (tertiary alicyclic amines) is 2. The molecule has 0 aliphatic carbocycles. The maximum atomic E-state index is 12.5. The van der Waals surface area contributed by atoms with E-state index in [0.29, 0.717) is 31.8 Å². The molecule has 2 rings (SSSR count). The number of carbonyl (C=O) groups excluding carboxylic acids is 2. The van der Waals surface area contributed by atoms with Gasteiger partial charge >= 0.3 is 5.97 Å². The minimum absolute atomic E-state index is 0.0188. The van der Waals surface area contributed by atoms with E-state index in [1.165, 1.54) is 4.90 Å². The van der Waals surface area contributed by atoms with Gasteiger partial charge < -0.3 is 14.9 Å². The molecule has 0 spiro atoms. The van der Waals surface area contributed by atoms with E-state index in [2.05, 4.69) is 0 Å². The molecule has 22 heavy (non-hydrogen) atoms. The van der Waals surface area contributed by atoms with E-state index in [4.69, 9.17) is 0 Å². The predicted molar refractivity (Wildman–Crippen MR) is 81.2 cm³/mol. The average Bonchev–Trinajstić information content (AvgIpc) is 2.46. The normalized spacial score (nSPS) is 27.2. The Labute approximate surface area is 131 Å². The molecule has 124 valence electrons. The van der Waals surface area contributed by atoms with Gasteiger partial charge in [-0.25, -0.2) is 4.79 Å². The number of hydrogen-bond acceptors (Lipinski definition) is 3. The van der Waals surface area contributed by atoms with E-state index in [-0.39, 0.29) is 18.4 Å². The van der Waals surface area contributed by atoms with Gasteiger partial charge in [0, 0.05) is 19.5 Å². The molecule has 2 aliphatic rings. The summed E-state index contributed by atoms with van der Waals surface area (Å²) in [6.45, 7) is 3.11. The van der Waals surface area contributed by atoms with Crippen molar-refractivity contribution in [2.24, 2.45) is 5.92 Å². The molecule has 1 N–H and O–H groups in total. The van der Waals surface area contributed by atoms with E-state index in [0.717, 1.165) is 32.1 Å². The van der Waals surface area contributed by atoms with Crippen LogP contribution in [0.4, 0.5) is 0 Å². The maximum Gasteiger partial charge on any atom is 0.326 e. The Kier molecular flexibility index (Phi) is 5.80. The Bertz CT molecular complexity index is 438. The summed E-state index contributed by atoms with van der Waals surface area (Å²) in [6, 6.07) is -0.749. The summed E-state index contributed by atoms with van der Waals surface area (Å²) in [5.41, 5.74) is 0. The van der Waals surface area contributed by atoms with Gasteiger partial charge in [0.2, 0.25) is 11.8 Å². The molecular formula is C16H26N2O4. The van der Waals surface area contributed by atoms with Crippen LogP contribution in [-0.4, -0.2) is 58.4 Å². The molecular weight excluding hydrogens is 284 g/mol. The number of carboxylic acid groups (broad SMARTS) is 1. The first kappa shape index (κ1) is 16.8. The van der Waals surface area contributed by atoms with Gasteiger partial charge in [0.05, 0.1) is 6.54 Å². The van der Waals surface area contributed by atoms with Gasteiger partial charge in [-0.1, -0.05) is 19.8 Å². The number of amides is 2. The molecule has 2 saturated heterocycles. The third-order valence-corrected chi connectivity index (χ3v) is 4.72. The summed E-state index contributed by atoms with van der Waals surface area (Å²) in [4.78, 5) is 39.1. The van der Waals surface area contributed by atoms with Crippen LogP contribution in [0.2, 0.25) is 0 Å². The highest BCUT2D eigenvalue weighted by molar-refractivity contribution is 5.88. The van der Waals surface area contributed by atoms with Crippen molar-refractivity contribution in [3.63, 3.8) is 0 Å². The fourth-order valence-electron chi connectivity index (χ4n) is 3.31. The second-order valence-corrected chi connectivity index (χ2v) is 6.55. The molecule has 2 heterocycles. The van der Waals surface area contributed by atoms with Crippen molar-refractivity contribution in [2.45, 2.75) is 57.9 Å². The first-order valence-corrected chi connectivity index (χ1v) is 8.29. The van der Waals surface area contributed by atoms with Gasteiger partial charge in [0.15, 0.2) is 0 Å². The molecule has 0 bridgehead atoms. The zero-order valence-corrected chi connectivity index (χ0v) is 13.3. The highest BCUT2D eigenvalue weighted by atomic mass is 16.4. The quantitative estimate of drug-likeness (QED) is 0.856. The van der Waals surface area contributed by atoms with Gasteiger partial charge in [0.1, 0.15) is 6.04 Å². The maximum absolute atomic E-state index is 12.5. The minimum Gasteiger partial charge on any atom is -0.480 e. The van der Waals surface area contributed by atoms with Crippen LogP contribution in [0.15, 0.2) is 0 Å². The Morgan fingerprint density at radius 1 is 1.18 bits per heavy atom. The zero-order chi connectivity index (χ0) is 16.1. The van der Waals surface area contributed by atoms with Gasteiger partial charge in [-0.2, -0.15) is 0 Å². The first-order chi connectivity index (χ1) is 10.5. The summed E-state index contributed by atoms with van der Waals surface area (Å²) in [6.07, 6.45) is 5.75. The number of carbonyl (C=O) groups is 3. The van der Waals surface area contributed by atoms with Crippen LogP contribution < -0.4 is 0 Å². The molecule has 0 saturated carbocycles. The van der Waals surface area contributed by atoms with Crippen molar-refractivity contribution in [1.82, 2.24) is 9.80 Å². The molecule has 0 radical (unpaired) electrons. The van der Waals surface area contributed by atoms with Crippen molar-refractivity contribution in [1.29, 1.82) is 0 Å². The van der Waals surface area contributed by atoms with Crippen molar-refractivity contribution >= 4 is 17.8 Å². The third-order valence-electron chi connectivity index (χ3n) is 4.72. The van der Waals surface area contributed by atoms with E-state index < -0.39 is 12.0 Å². The molecule has 2 aliphatic heterocycles. The summed E-state index contributed by atoms with van der Waals surface area (Å²) in [7, 11) is 0. The number of piperidine rings is 1. The number of carboxylic acids is 1. The molecule has 2 unspecified atom stereocenters. The monoisotopic (exact) mass is 310 g/mol. The highest BCUT2D eigenvalue weighted by Crippen LogP contribution is 2.23. The molecule has 0 aromatic carbocycles. The zero-order valence-electron chi connectivity index (χ0n) is 13.3. The molecule has 2 atom stereocenters. The highest BCUT2D eigenvalue weighted by Gasteiger charge is 2.35. The number of nitrogens with zero attached hydrogens (tertiary/aromatic N) is 2. The van der Waals surface area contributed by atoms with Crippen LogP contribution in [0.3, 0.4) is 0 Å². The van der Waals surface area contributed by atoms with Crippen LogP contribution in [0.25, 0.3) is 0 Å². The van der Waals surface area contributed by atoms with E-state index >= 15 is 0 Å². The standard InChI is InChI=1S/C16H26N2O4/c1-12-7-9-18(13(10-12)16(21)22)15(20)11-17-8-5-3-2-4-6-14(17)19/h12-13H,2-11H2,1H3,(H,21,22). The Morgan fingerprint density at radius 2 is 1.91 bits per heavy atom. The van der Waals surface area contributed by atoms with Gasteiger partial charge in [-0.05, 0) is 31.6 Å². The third kappa shape index (κ3) is 4.21. The van der Waals surface area contributed by atoms with Gasteiger partial charge in [-0.15, -0.1) is 0 Å². The van der Waals surface area contributed by atoms with Crippen molar-refractivity contribution in [2.75, 3.05) is 19.6 Å². The van der Waals surface area contributed by atoms with E-state index in [1.807, 2.05) is 6.92 Å². The molecule has 6 heteroatoms. The van der Waals surface area contributed by atoms with Crippen molar-refractivity contribution < 1.29 is 19.5 Å². The minimum atomic E-state index is -0.945. The smallest absolute Gasteiger partial charge is 0.326 e. The van der Waals surface area contributed by atoms with Crippen LogP contribution >= 0.6 is 0 Å². The molecule has 0 aromatic rings. The molecule has 6 nitrogen and oxygen atoms in total. The number of aliphatic carboxylic acids is 1. The molecule has 2 fully saturated rings. The molecule has 0 aromatic heterocycles.